The molecule has 0 spiro atoms. The van der Waals surface area contributed by atoms with Crippen molar-refractivity contribution in [2.24, 2.45) is 0 Å². The first-order chi connectivity index (χ1) is 11.9. The lowest BCUT2D eigenvalue weighted by atomic mass is 10.2. The fraction of sp³-hybridized carbons (Fsp3) is 0.158. The molecule has 0 unspecified atom stereocenters. The molecule has 0 fully saturated rings. The van der Waals surface area contributed by atoms with Gasteiger partial charge in [0.1, 0.15) is 4.88 Å². The zero-order valence-electron chi connectivity index (χ0n) is 14.2. The summed E-state index contributed by atoms with van der Waals surface area (Å²) in [5.74, 6) is -0.153. The average molecular weight is 372 g/mol. The molecule has 0 aliphatic rings. The maximum absolute atomic E-state index is 12.6. The van der Waals surface area contributed by atoms with E-state index in [2.05, 4.69) is 15.6 Å². The SMILES string of the molecule is Cc1ccc(Nc2nc(C)c(C(=O)Nc3ccccc3C)s2)cc1Cl. The number of benzene rings is 2. The monoisotopic (exact) mass is 371 g/mol. The van der Waals surface area contributed by atoms with Crippen molar-refractivity contribution in [2.75, 3.05) is 10.6 Å². The van der Waals surface area contributed by atoms with Gasteiger partial charge in [0.05, 0.1) is 5.69 Å². The van der Waals surface area contributed by atoms with Gasteiger partial charge in [-0.25, -0.2) is 4.98 Å². The van der Waals surface area contributed by atoms with E-state index in [0.717, 1.165) is 22.5 Å². The summed E-state index contributed by atoms with van der Waals surface area (Å²) >= 11 is 7.47. The normalized spacial score (nSPS) is 10.6. The number of amides is 1. The van der Waals surface area contributed by atoms with Crippen LogP contribution < -0.4 is 10.6 Å². The van der Waals surface area contributed by atoms with Gasteiger partial charge in [-0.1, -0.05) is 47.2 Å². The predicted octanol–water partition coefficient (Wildman–Crippen LogP) is 5.72. The molecule has 0 atom stereocenters. The molecule has 1 heterocycles. The van der Waals surface area contributed by atoms with E-state index in [1.807, 2.05) is 63.2 Å². The highest BCUT2D eigenvalue weighted by atomic mass is 35.5. The fourth-order valence-corrected chi connectivity index (χ4v) is 3.41. The Morgan fingerprint density at radius 3 is 2.56 bits per heavy atom. The highest BCUT2D eigenvalue weighted by Gasteiger charge is 2.16. The van der Waals surface area contributed by atoms with Crippen LogP contribution in [-0.2, 0) is 0 Å². The summed E-state index contributed by atoms with van der Waals surface area (Å²) in [7, 11) is 0. The number of thiazole rings is 1. The number of hydrogen-bond acceptors (Lipinski definition) is 4. The van der Waals surface area contributed by atoms with Gasteiger partial charge in [-0.2, -0.15) is 0 Å². The third-order valence-electron chi connectivity index (χ3n) is 3.82. The highest BCUT2D eigenvalue weighted by Crippen LogP contribution is 2.28. The molecule has 6 heteroatoms. The number of nitrogens with one attached hydrogen (secondary N) is 2. The second-order valence-corrected chi connectivity index (χ2v) is 7.20. The molecule has 128 valence electrons. The van der Waals surface area contributed by atoms with Gasteiger partial charge in [-0.05, 0) is 50.1 Å². The number of carbonyl (C=O) groups excluding carboxylic acids is 1. The summed E-state index contributed by atoms with van der Waals surface area (Å²) in [5, 5.41) is 7.50. The molecule has 0 aliphatic heterocycles. The van der Waals surface area contributed by atoms with E-state index >= 15 is 0 Å². The van der Waals surface area contributed by atoms with Gasteiger partial charge in [0.15, 0.2) is 5.13 Å². The lowest BCUT2D eigenvalue weighted by Crippen LogP contribution is -2.12. The summed E-state index contributed by atoms with van der Waals surface area (Å²) in [4.78, 5) is 17.6. The molecule has 1 aromatic heterocycles. The van der Waals surface area contributed by atoms with Gasteiger partial charge in [-0.15, -0.1) is 0 Å². The van der Waals surface area contributed by atoms with Crippen LogP contribution in [0.1, 0.15) is 26.5 Å². The van der Waals surface area contributed by atoms with Gasteiger partial charge in [0, 0.05) is 16.4 Å². The molecule has 2 N–H and O–H groups in total. The Bertz CT molecular complexity index is 936. The van der Waals surface area contributed by atoms with E-state index in [9.17, 15) is 4.79 Å². The number of anilines is 3. The van der Waals surface area contributed by atoms with Crippen LogP contribution >= 0.6 is 22.9 Å². The van der Waals surface area contributed by atoms with E-state index in [4.69, 9.17) is 11.6 Å². The molecule has 4 nitrogen and oxygen atoms in total. The maximum atomic E-state index is 12.6. The van der Waals surface area contributed by atoms with Gasteiger partial charge in [0.2, 0.25) is 0 Å². The largest absolute Gasteiger partial charge is 0.331 e. The van der Waals surface area contributed by atoms with E-state index < -0.39 is 0 Å². The predicted molar refractivity (Wildman–Crippen MR) is 105 cm³/mol. The fourth-order valence-electron chi connectivity index (χ4n) is 2.35. The summed E-state index contributed by atoms with van der Waals surface area (Å²) in [6.07, 6.45) is 0. The molecule has 1 amide bonds. The number of aryl methyl sites for hydroxylation is 3. The minimum absolute atomic E-state index is 0.153. The smallest absolute Gasteiger partial charge is 0.267 e. The Morgan fingerprint density at radius 1 is 1.08 bits per heavy atom. The van der Waals surface area contributed by atoms with Crippen molar-refractivity contribution in [3.8, 4) is 0 Å². The minimum atomic E-state index is -0.153. The number of aromatic nitrogens is 1. The van der Waals surface area contributed by atoms with Crippen LogP contribution in [0.5, 0.6) is 0 Å². The van der Waals surface area contributed by atoms with Crippen molar-refractivity contribution in [1.82, 2.24) is 4.98 Å². The Balaban J connectivity index is 1.78. The maximum Gasteiger partial charge on any atom is 0.267 e. The van der Waals surface area contributed by atoms with Gasteiger partial charge >= 0.3 is 0 Å². The first-order valence-electron chi connectivity index (χ1n) is 7.81. The number of rotatable bonds is 4. The highest BCUT2D eigenvalue weighted by molar-refractivity contribution is 7.17. The summed E-state index contributed by atoms with van der Waals surface area (Å²) in [6.45, 7) is 5.74. The Hall–Kier alpha value is -2.37. The third kappa shape index (κ3) is 4.00. The quantitative estimate of drug-likeness (QED) is 0.616. The molecule has 0 saturated carbocycles. The lowest BCUT2D eigenvalue weighted by Gasteiger charge is -2.06. The minimum Gasteiger partial charge on any atom is -0.331 e. The number of hydrogen-bond donors (Lipinski definition) is 2. The standard InChI is InChI=1S/C19H18ClN3OS/c1-11-8-9-14(10-15(11)20)22-19-21-13(3)17(25-19)18(24)23-16-7-5-4-6-12(16)2/h4-10H,1-3H3,(H,21,22)(H,23,24). The number of carbonyl (C=O) groups is 1. The van der Waals surface area contributed by atoms with Crippen LogP contribution in [0.2, 0.25) is 5.02 Å². The molecule has 0 radical (unpaired) electrons. The molecule has 2 aromatic carbocycles. The molecule has 0 aliphatic carbocycles. The van der Waals surface area contributed by atoms with E-state index in [1.54, 1.807) is 0 Å². The molecular formula is C19H18ClN3OS. The Kier molecular flexibility index (Phi) is 5.06. The van der Waals surface area contributed by atoms with Crippen molar-refractivity contribution in [3.63, 3.8) is 0 Å². The summed E-state index contributed by atoms with van der Waals surface area (Å²) in [6, 6.07) is 13.4. The molecule has 0 bridgehead atoms. The first kappa shape index (κ1) is 17.5. The molecule has 3 rings (SSSR count). The van der Waals surface area contributed by atoms with Crippen LogP contribution in [0.4, 0.5) is 16.5 Å². The second-order valence-electron chi connectivity index (χ2n) is 5.79. The number of para-hydroxylation sites is 1. The Morgan fingerprint density at radius 2 is 1.84 bits per heavy atom. The van der Waals surface area contributed by atoms with E-state index in [0.29, 0.717) is 20.7 Å². The van der Waals surface area contributed by atoms with Gasteiger partial charge in [0.25, 0.3) is 5.91 Å². The van der Waals surface area contributed by atoms with Gasteiger partial charge in [-0.3, -0.25) is 4.79 Å². The van der Waals surface area contributed by atoms with Crippen molar-refractivity contribution >= 4 is 45.4 Å². The van der Waals surface area contributed by atoms with Crippen LogP contribution in [0.15, 0.2) is 42.5 Å². The van der Waals surface area contributed by atoms with Crippen molar-refractivity contribution < 1.29 is 4.79 Å². The molecule has 3 aromatic rings. The average Bonchev–Trinajstić information content (AvgIpc) is 2.93. The first-order valence-corrected chi connectivity index (χ1v) is 9.01. The summed E-state index contributed by atoms with van der Waals surface area (Å²) in [5.41, 5.74) is 4.37. The van der Waals surface area contributed by atoms with E-state index in [1.165, 1.54) is 11.3 Å². The van der Waals surface area contributed by atoms with Crippen LogP contribution in [0.3, 0.4) is 0 Å². The molecule has 25 heavy (non-hydrogen) atoms. The zero-order chi connectivity index (χ0) is 18.0. The van der Waals surface area contributed by atoms with Crippen molar-refractivity contribution in [3.05, 3.63) is 69.2 Å². The number of nitrogens with zero attached hydrogens (tertiary/aromatic N) is 1. The van der Waals surface area contributed by atoms with Crippen molar-refractivity contribution in [2.45, 2.75) is 20.8 Å². The lowest BCUT2D eigenvalue weighted by molar-refractivity contribution is 0.102. The topological polar surface area (TPSA) is 54.0 Å². The van der Waals surface area contributed by atoms with Crippen molar-refractivity contribution in [1.29, 1.82) is 0 Å². The Labute approximate surface area is 155 Å². The summed E-state index contributed by atoms with van der Waals surface area (Å²) < 4.78 is 0. The van der Waals surface area contributed by atoms with Crippen LogP contribution in [0, 0.1) is 20.8 Å². The van der Waals surface area contributed by atoms with Gasteiger partial charge < -0.3 is 10.6 Å². The molecular weight excluding hydrogens is 354 g/mol. The second kappa shape index (κ2) is 7.25. The number of halogens is 1. The zero-order valence-corrected chi connectivity index (χ0v) is 15.8. The van der Waals surface area contributed by atoms with Crippen LogP contribution in [-0.4, -0.2) is 10.9 Å². The van der Waals surface area contributed by atoms with E-state index in [-0.39, 0.29) is 5.91 Å². The van der Waals surface area contributed by atoms with Crippen LogP contribution in [0.25, 0.3) is 0 Å². The molecule has 0 saturated heterocycles. The third-order valence-corrected chi connectivity index (χ3v) is 5.30.